The van der Waals surface area contributed by atoms with Crippen molar-refractivity contribution in [3.63, 3.8) is 0 Å². The number of H-pyrrole nitrogens is 1. The Kier molecular flexibility index (Phi) is 4.48. The first-order chi connectivity index (χ1) is 15.0. The molecule has 0 spiro atoms. The molecule has 0 fully saturated rings. The van der Waals surface area contributed by atoms with Gasteiger partial charge in [-0.2, -0.15) is 0 Å². The molecule has 1 unspecified atom stereocenters. The first kappa shape index (κ1) is 19.3. The molecule has 1 atom stereocenters. The minimum Gasteiger partial charge on any atom is -0.503 e. The molecule has 1 amide bonds. The number of carbonyl (C=O) groups is 2. The van der Waals surface area contributed by atoms with Crippen LogP contribution in [0.3, 0.4) is 0 Å². The number of Topliss-reactive ketones (excluding diaryl/α,β-unsaturated/α-hetero) is 1. The number of fused-ring (bicyclic) bond motifs is 1. The molecule has 5 rings (SSSR count). The van der Waals surface area contributed by atoms with E-state index < -0.39 is 17.7 Å². The number of ketones is 1. The van der Waals surface area contributed by atoms with Crippen molar-refractivity contribution in [3.05, 3.63) is 93.3 Å². The van der Waals surface area contributed by atoms with Gasteiger partial charge < -0.3 is 10.1 Å². The van der Waals surface area contributed by atoms with Crippen molar-refractivity contribution in [2.24, 2.45) is 0 Å². The fourth-order valence-corrected chi connectivity index (χ4v) is 5.04. The molecule has 0 saturated carbocycles. The molecule has 0 saturated heterocycles. The predicted octanol–water partition coefficient (Wildman–Crippen LogP) is 5.02. The summed E-state index contributed by atoms with van der Waals surface area (Å²) in [6.07, 6.45) is 1.80. The Balaban J connectivity index is 1.74. The third kappa shape index (κ3) is 2.97. The summed E-state index contributed by atoms with van der Waals surface area (Å²) < 4.78 is 0. The molecule has 2 N–H and O–H groups in total. The Morgan fingerprint density at radius 1 is 1.10 bits per heavy atom. The number of aliphatic hydroxyl groups excluding tert-OH is 1. The maximum Gasteiger partial charge on any atom is 0.294 e. The van der Waals surface area contributed by atoms with Crippen molar-refractivity contribution in [1.82, 2.24) is 9.97 Å². The topological polar surface area (TPSA) is 86.3 Å². The molecule has 6 nitrogen and oxygen atoms in total. The zero-order valence-electron chi connectivity index (χ0n) is 16.9. The van der Waals surface area contributed by atoms with Crippen LogP contribution in [0.25, 0.3) is 10.9 Å². The molecule has 154 valence electrons. The molecule has 4 aromatic rings. The number of amides is 1. The van der Waals surface area contributed by atoms with Crippen LogP contribution in [0.4, 0.5) is 5.69 Å². The average molecular weight is 430 g/mol. The third-order valence-electron chi connectivity index (χ3n) is 5.51. The molecule has 7 heteroatoms. The van der Waals surface area contributed by atoms with E-state index in [0.29, 0.717) is 16.3 Å². The van der Waals surface area contributed by atoms with Crippen LogP contribution in [0, 0.1) is 13.8 Å². The molecular formula is C24H19N3O3S. The Labute approximate surface area is 182 Å². The van der Waals surface area contributed by atoms with Crippen molar-refractivity contribution in [2.75, 3.05) is 4.90 Å². The Bertz CT molecular complexity index is 1370. The van der Waals surface area contributed by atoms with Crippen molar-refractivity contribution in [2.45, 2.75) is 19.9 Å². The number of nitrogens with one attached hydrogen (secondary N) is 1. The number of aromatic nitrogens is 2. The lowest BCUT2D eigenvalue weighted by Crippen LogP contribution is -2.30. The maximum absolute atomic E-state index is 13.6. The second-order valence-electron chi connectivity index (χ2n) is 7.44. The molecule has 3 heterocycles. The third-order valence-corrected chi connectivity index (χ3v) is 6.58. The van der Waals surface area contributed by atoms with Gasteiger partial charge in [0.15, 0.2) is 5.76 Å². The van der Waals surface area contributed by atoms with Crippen LogP contribution in [0.5, 0.6) is 0 Å². The lowest BCUT2D eigenvalue weighted by atomic mass is 9.94. The van der Waals surface area contributed by atoms with Crippen LogP contribution in [0.15, 0.2) is 72.1 Å². The fourth-order valence-electron chi connectivity index (χ4n) is 4.17. The lowest BCUT2D eigenvalue weighted by molar-refractivity contribution is -0.117. The second kappa shape index (κ2) is 7.21. The van der Waals surface area contributed by atoms with Crippen molar-refractivity contribution in [3.8, 4) is 0 Å². The van der Waals surface area contributed by atoms with Crippen molar-refractivity contribution in [1.29, 1.82) is 0 Å². The van der Waals surface area contributed by atoms with E-state index in [-0.39, 0.29) is 11.4 Å². The summed E-state index contributed by atoms with van der Waals surface area (Å²) in [5.74, 6) is -1.49. The second-order valence-corrected chi connectivity index (χ2v) is 8.64. The number of para-hydroxylation sites is 2. The minimum atomic E-state index is -0.764. The van der Waals surface area contributed by atoms with E-state index in [1.807, 2.05) is 49.4 Å². The van der Waals surface area contributed by atoms with Gasteiger partial charge in [0.1, 0.15) is 0 Å². The van der Waals surface area contributed by atoms with Gasteiger partial charge in [-0.25, -0.2) is 4.98 Å². The van der Waals surface area contributed by atoms with Gasteiger partial charge in [0.05, 0.1) is 27.2 Å². The number of hydrogen-bond acceptors (Lipinski definition) is 5. The number of rotatable bonds is 4. The number of thiazole rings is 1. The fraction of sp³-hybridized carbons (Fsp3) is 0.125. The zero-order valence-corrected chi connectivity index (χ0v) is 17.7. The smallest absolute Gasteiger partial charge is 0.294 e. The Morgan fingerprint density at radius 2 is 1.81 bits per heavy atom. The Hall–Kier alpha value is -3.71. The number of anilines is 1. The van der Waals surface area contributed by atoms with E-state index in [1.54, 1.807) is 25.3 Å². The van der Waals surface area contributed by atoms with Crippen molar-refractivity contribution < 1.29 is 14.7 Å². The largest absolute Gasteiger partial charge is 0.503 e. The molecule has 2 aromatic carbocycles. The normalized spacial score (nSPS) is 16.5. The summed E-state index contributed by atoms with van der Waals surface area (Å²) in [6.45, 7) is 3.59. The maximum atomic E-state index is 13.6. The lowest BCUT2D eigenvalue weighted by Gasteiger charge is -2.26. The van der Waals surface area contributed by atoms with Gasteiger partial charge in [-0.05, 0) is 32.0 Å². The van der Waals surface area contributed by atoms with Gasteiger partial charge >= 0.3 is 0 Å². The summed E-state index contributed by atoms with van der Waals surface area (Å²) in [5.41, 5.74) is 2.91. The van der Waals surface area contributed by atoms with Crippen LogP contribution >= 0.6 is 11.3 Å². The van der Waals surface area contributed by atoms with E-state index in [9.17, 15) is 14.7 Å². The number of aliphatic hydroxyl groups is 1. The summed E-state index contributed by atoms with van der Waals surface area (Å²) in [7, 11) is 0. The van der Waals surface area contributed by atoms with Gasteiger partial charge in [0.2, 0.25) is 5.78 Å². The highest BCUT2D eigenvalue weighted by atomic mass is 32.1. The highest BCUT2D eigenvalue weighted by Crippen LogP contribution is 2.44. The van der Waals surface area contributed by atoms with Gasteiger partial charge in [-0.1, -0.05) is 36.4 Å². The average Bonchev–Trinajstić information content (AvgIpc) is 3.42. The van der Waals surface area contributed by atoms with Crippen LogP contribution in [-0.2, 0) is 4.79 Å². The molecule has 2 aromatic heterocycles. The number of nitrogens with zero attached hydrogens (tertiary/aromatic N) is 2. The van der Waals surface area contributed by atoms with Gasteiger partial charge in [0, 0.05) is 28.4 Å². The van der Waals surface area contributed by atoms with Crippen LogP contribution < -0.4 is 4.90 Å². The summed E-state index contributed by atoms with van der Waals surface area (Å²) in [4.78, 5) is 36.3. The van der Waals surface area contributed by atoms with Crippen LogP contribution in [0.2, 0.25) is 0 Å². The number of aryl methyl sites for hydroxylation is 2. The SMILES string of the molecule is Cc1nc(C)c(C(=O)C2=C(O)C(=O)N(c3ccccc3)C2c2c[nH]c3ccccc23)s1. The zero-order chi connectivity index (χ0) is 21.7. The monoisotopic (exact) mass is 429 g/mol. The van der Waals surface area contributed by atoms with E-state index in [1.165, 1.54) is 16.2 Å². The van der Waals surface area contributed by atoms with Crippen molar-refractivity contribution >= 4 is 39.6 Å². The molecule has 0 bridgehead atoms. The van der Waals surface area contributed by atoms with E-state index >= 15 is 0 Å². The van der Waals surface area contributed by atoms with Gasteiger partial charge in [-0.3, -0.25) is 14.5 Å². The van der Waals surface area contributed by atoms with Gasteiger partial charge in [-0.15, -0.1) is 11.3 Å². The minimum absolute atomic E-state index is 0.0744. The molecule has 0 aliphatic carbocycles. The number of carbonyl (C=O) groups excluding carboxylic acids is 2. The van der Waals surface area contributed by atoms with Crippen LogP contribution in [-0.4, -0.2) is 26.8 Å². The molecule has 1 aliphatic heterocycles. The van der Waals surface area contributed by atoms with Crippen LogP contribution in [0.1, 0.15) is 32.0 Å². The van der Waals surface area contributed by atoms with E-state index in [4.69, 9.17) is 0 Å². The number of benzene rings is 2. The van der Waals surface area contributed by atoms with E-state index in [2.05, 4.69) is 9.97 Å². The number of hydrogen-bond donors (Lipinski definition) is 2. The molecule has 0 radical (unpaired) electrons. The standard InChI is InChI=1S/C24H19N3O3S/c1-13-23(31-14(2)26-13)21(28)19-20(17-12-25-18-11-7-6-10-16(17)18)27(24(30)22(19)29)15-8-4-3-5-9-15/h3-12,20,25,29H,1-2H3. The van der Waals surface area contributed by atoms with E-state index in [0.717, 1.165) is 21.5 Å². The Morgan fingerprint density at radius 3 is 2.52 bits per heavy atom. The number of aromatic amines is 1. The first-order valence-corrected chi connectivity index (χ1v) is 10.7. The molecular weight excluding hydrogens is 410 g/mol. The first-order valence-electron chi connectivity index (χ1n) is 9.84. The summed E-state index contributed by atoms with van der Waals surface area (Å²) in [5, 5.41) is 12.5. The van der Waals surface area contributed by atoms with Gasteiger partial charge in [0.25, 0.3) is 5.91 Å². The highest BCUT2D eigenvalue weighted by molar-refractivity contribution is 7.14. The molecule has 31 heavy (non-hydrogen) atoms. The summed E-state index contributed by atoms with van der Waals surface area (Å²) >= 11 is 1.27. The predicted molar refractivity (Wildman–Crippen MR) is 121 cm³/mol. The molecule has 1 aliphatic rings. The summed E-state index contributed by atoms with van der Waals surface area (Å²) in [6, 6.07) is 16.0. The highest BCUT2D eigenvalue weighted by Gasteiger charge is 2.46. The quantitative estimate of drug-likeness (QED) is 0.446.